The highest BCUT2D eigenvalue weighted by Gasteiger charge is 2.27. The molecule has 0 atom stereocenters. The van der Waals surface area contributed by atoms with Crippen LogP contribution in [-0.2, 0) is 0 Å². The molecule has 14 aromatic rings. The van der Waals surface area contributed by atoms with E-state index in [1.165, 1.54) is 32.7 Å². The molecular weight excluding hydrogens is 841 g/mol. The van der Waals surface area contributed by atoms with Crippen LogP contribution >= 0.6 is 0 Å². The first kappa shape index (κ1) is 38.8. The van der Waals surface area contributed by atoms with Crippen molar-refractivity contribution in [3.05, 3.63) is 243 Å². The number of hydrogen-bond donors (Lipinski definition) is 0. The van der Waals surface area contributed by atoms with Crippen molar-refractivity contribution >= 4 is 65.4 Å². The normalized spacial score (nSPS) is 11.8. The minimum atomic E-state index is 0.541. The molecule has 0 amide bonds. The lowest BCUT2D eigenvalue weighted by Gasteiger charge is -2.15. The molecule has 6 nitrogen and oxygen atoms in total. The highest BCUT2D eigenvalue weighted by Crippen LogP contribution is 2.47. The van der Waals surface area contributed by atoms with Gasteiger partial charge in [0.2, 0.25) is 5.95 Å². The maximum absolute atomic E-state index is 5.45. The Kier molecular flexibility index (Phi) is 8.79. The second kappa shape index (κ2) is 15.6. The summed E-state index contributed by atoms with van der Waals surface area (Å²) >= 11 is 0. The maximum atomic E-state index is 5.45. The summed E-state index contributed by atoms with van der Waals surface area (Å²) in [4.78, 5) is 16.1. The predicted octanol–water partition coefficient (Wildman–Crippen LogP) is 15.8. The first-order valence-electron chi connectivity index (χ1n) is 23.4. The fraction of sp³-hybridized carbons (Fsp3) is 0. The number of aromatic nitrogens is 6. The molecule has 0 spiro atoms. The van der Waals surface area contributed by atoms with Crippen molar-refractivity contribution in [1.82, 2.24) is 28.7 Å². The number of nitrogens with zero attached hydrogens (tertiary/aromatic N) is 6. The van der Waals surface area contributed by atoms with E-state index in [9.17, 15) is 0 Å². The van der Waals surface area contributed by atoms with Crippen LogP contribution in [0.3, 0.4) is 0 Å². The maximum Gasteiger partial charge on any atom is 0.238 e. The van der Waals surface area contributed by atoms with Crippen LogP contribution in [0.2, 0.25) is 0 Å². The second-order valence-corrected chi connectivity index (χ2v) is 17.6. The van der Waals surface area contributed by atoms with Crippen LogP contribution in [-0.4, -0.2) is 28.7 Å². The highest BCUT2D eigenvalue weighted by atomic mass is 15.2. The van der Waals surface area contributed by atoms with Gasteiger partial charge in [0.05, 0.1) is 38.8 Å². The van der Waals surface area contributed by atoms with Gasteiger partial charge < -0.3 is 9.13 Å². The summed E-state index contributed by atoms with van der Waals surface area (Å²) in [6.45, 7) is 0. The van der Waals surface area contributed by atoms with E-state index < -0.39 is 0 Å². The first-order chi connectivity index (χ1) is 34.2. The van der Waals surface area contributed by atoms with Crippen LogP contribution in [0, 0.1) is 0 Å². The molecule has 0 aliphatic rings. The van der Waals surface area contributed by atoms with Gasteiger partial charge in [0.15, 0.2) is 11.6 Å². The summed E-state index contributed by atoms with van der Waals surface area (Å²) in [6, 6.07) is 86.2. The monoisotopic (exact) mass is 880 g/mol. The van der Waals surface area contributed by atoms with E-state index in [1.807, 2.05) is 18.2 Å². The predicted molar refractivity (Wildman–Crippen MR) is 285 cm³/mol. The molecular formula is C63H40N6. The van der Waals surface area contributed by atoms with Crippen molar-refractivity contribution < 1.29 is 0 Å². The van der Waals surface area contributed by atoms with Gasteiger partial charge in [0.25, 0.3) is 0 Å². The summed E-state index contributed by atoms with van der Waals surface area (Å²) in [7, 11) is 0. The number of benzene rings is 10. The molecule has 0 radical (unpaired) electrons. The third-order valence-corrected chi connectivity index (χ3v) is 13.7. The molecule has 0 aliphatic carbocycles. The Labute approximate surface area is 397 Å². The molecule has 6 heteroatoms. The molecule has 0 aliphatic heterocycles. The highest BCUT2D eigenvalue weighted by molar-refractivity contribution is 6.27. The van der Waals surface area contributed by atoms with Gasteiger partial charge >= 0.3 is 0 Å². The molecule has 10 aromatic carbocycles. The third kappa shape index (κ3) is 6.16. The molecule has 0 saturated heterocycles. The van der Waals surface area contributed by atoms with Crippen LogP contribution in [0.1, 0.15) is 0 Å². The van der Waals surface area contributed by atoms with Gasteiger partial charge in [-0.05, 0) is 70.8 Å². The fourth-order valence-electron chi connectivity index (χ4n) is 10.6. The van der Waals surface area contributed by atoms with E-state index in [4.69, 9.17) is 15.0 Å². The van der Waals surface area contributed by atoms with E-state index in [1.54, 1.807) is 0 Å². The Hall–Kier alpha value is -9.39. The minimum Gasteiger partial charge on any atom is -0.309 e. The molecule has 0 bridgehead atoms. The second-order valence-electron chi connectivity index (χ2n) is 17.6. The number of fused-ring (bicyclic) bond motifs is 9. The summed E-state index contributed by atoms with van der Waals surface area (Å²) in [6.07, 6.45) is 0. The molecule has 69 heavy (non-hydrogen) atoms. The van der Waals surface area contributed by atoms with Gasteiger partial charge in [-0.1, -0.05) is 194 Å². The van der Waals surface area contributed by atoms with Crippen molar-refractivity contribution in [2.75, 3.05) is 0 Å². The largest absolute Gasteiger partial charge is 0.309 e. The standard InChI is InChI=1S/C63H40N6/c1-4-19-41(20-5-1)45-23-18-24-46(39-45)42-35-37-44(38-36-42)62-64-61(43-21-6-2-7-22-43)65-63(66-62)69-55-34-17-13-30-51(55)59-57(69)40-56-58(50-29-12-16-33-54(50)67(56)47-25-8-3-9-26-47)60(59)68-52-31-14-10-27-48(52)49-28-11-15-32-53(49)68/h1-40H. The Morgan fingerprint density at radius 3 is 1.20 bits per heavy atom. The molecule has 0 N–H and O–H groups in total. The Bertz CT molecular complexity index is 4230. The molecule has 0 fully saturated rings. The zero-order valence-corrected chi connectivity index (χ0v) is 37.3. The lowest BCUT2D eigenvalue weighted by Crippen LogP contribution is -2.07. The van der Waals surface area contributed by atoms with Crippen molar-refractivity contribution in [2.24, 2.45) is 0 Å². The summed E-state index contributed by atoms with van der Waals surface area (Å²) in [5.41, 5.74) is 15.1. The van der Waals surface area contributed by atoms with Gasteiger partial charge in [-0.3, -0.25) is 4.57 Å². The van der Waals surface area contributed by atoms with Gasteiger partial charge in [0.1, 0.15) is 0 Å². The number of hydrogen-bond acceptors (Lipinski definition) is 3. The topological polar surface area (TPSA) is 53.5 Å². The minimum absolute atomic E-state index is 0.541. The Morgan fingerprint density at radius 1 is 0.246 bits per heavy atom. The van der Waals surface area contributed by atoms with Crippen molar-refractivity contribution in [2.45, 2.75) is 0 Å². The Morgan fingerprint density at radius 2 is 0.638 bits per heavy atom. The first-order valence-corrected chi connectivity index (χ1v) is 23.4. The van der Waals surface area contributed by atoms with Crippen molar-refractivity contribution in [3.8, 4) is 62.4 Å². The van der Waals surface area contributed by atoms with E-state index in [2.05, 4.69) is 238 Å². The molecule has 14 rings (SSSR count). The lowest BCUT2D eigenvalue weighted by atomic mass is 9.98. The summed E-state index contributed by atoms with van der Waals surface area (Å²) in [5, 5.41) is 6.98. The molecule has 0 saturated carbocycles. The van der Waals surface area contributed by atoms with Crippen LogP contribution in [0.25, 0.3) is 128 Å². The summed E-state index contributed by atoms with van der Waals surface area (Å²) < 4.78 is 7.17. The van der Waals surface area contributed by atoms with Crippen LogP contribution < -0.4 is 0 Å². The van der Waals surface area contributed by atoms with Crippen molar-refractivity contribution in [3.63, 3.8) is 0 Å². The van der Waals surface area contributed by atoms with E-state index in [-0.39, 0.29) is 0 Å². The van der Waals surface area contributed by atoms with Gasteiger partial charge in [0, 0.05) is 49.1 Å². The average Bonchev–Trinajstić information content (AvgIpc) is 4.07. The Balaban J connectivity index is 1.07. The fourth-order valence-corrected chi connectivity index (χ4v) is 10.6. The summed E-state index contributed by atoms with van der Waals surface area (Å²) in [5.74, 6) is 1.74. The van der Waals surface area contributed by atoms with Crippen LogP contribution in [0.5, 0.6) is 0 Å². The molecule has 4 heterocycles. The zero-order chi connectivity index (χ0) is 45.4. The van der Waals surface area contributed by atoms with E-state index in [0.29, 0.717) is 17.6 Å². The quantitative estimate of drug-likeness (QED) is 0.160. The van der Waals surface area contributed by atoms with E-state index >= 15 is 0 Å². The SMILES string of the molecule is c1ccc(-c2cccc(-c3ccc(-c4nc(-c5ccccc5)nc(-n5c6ccccc6c6c(-n7c8ccccc8c8ccccc87)c7c8ccccc8n(-c8ccccc8)c7cc65)n4)cc3)c2)cc1. The van der Waals surface area contributed by atoms with Crippen LogP contribution in [0.4, 0.5) is 0 Å². The third-order valence-electron chi connectivity index (χ3n) is 13.7. The molecule has 322 valence electrons. The average molecular weight is 881 g/mol. The van der Waals surface area contributed by atoms with Crippen molar-refractivity contribution in [1.29, 1.82) is 0 Å². The van der Waals surface area contributed by atoms with Crippen LogP contribution in [0.15, 0.2) is 243 Å². The number of rotatable bonds is 7. The van der Waals surface area contributed by atoms with Gasteiger partial charge in [-0.2, -0.15) is 9.97 Å². The smallest absolute Gasteiger partial charge is 0.238 e. The number of para-hydroxylation sites is 5. The van der Waals surface area contributed by atoms with Gasteiger partial charge in [-0.15, -0.1) is 0 Å². The lowest BCUT2D eigenvalue weighted by molar-refractivity contribution is 0.953. The molecule has 0 unspecified atom stereocenters. The van der Waals surface area contributed by atoms with Gasteiger partial charge in [-0.25, -0.2) is 4.98 Å². The zero-order valence-electron chi connectivity index (χ0n) is 37.3. The molecule has 4 aromatic heterocycles. The van der Waals surface area contributed by atoms with E-state index in [0.717, 1.165) is 77.5 Å².